The predicted molar refractivity (Wildman–Crippen MR) is 62.9 cm³/mol. The van der Waals surface area contributed by atoms with Crippen LogP contribution >= 0.6 is 11.5 Å². The van der Waals surface area contributed by atoms with E-state index in [1.165, 1.54) is 11.5 Å². The molecule has 2 aromatic rings. The Morgan fingerprint density at radius 1 is 1.56 bits per heavy atom. The molecule has 82 valence electrons. The van der Waals surface area contributed by atoms with E-state index in [9.17, 15) is 0 Å². The molecular weight excluding hydrogens is 226 g/mol. The van der Waals surface area contributed by atoms with Gasteiger partial charge in [-0.15, -0.1) is 0 Å². The lowest BCUT2D eigenvalue weighted by Gasteiger charge is -1.99. The molecule has 3 N–H and O–H groups in total. The molecule has 0 bridgehead atoms. The van der Waals surface area contributed by atoms with Gasteiger partial charge in [0, 0.05) is 12.6 Å². The highest BCUT2D eigenvalue weighted by molar-refractivity contribution is 7.13. The highest BCUT2D eigenvalue weighted by Crippen LogP contribution is 2.30. The first kappa shape index (κ1) is 10.5. The van der Waals surface area contributed by atoms with Gasteiger partial charge in [0.1, 0.15) is 0 Å². The van der Waals surface area contributed by atoms with Gasteiger partial charge in [0.15, 0.2) is 0 Å². The van der Waals surface area contributed by atoms with Gasteiger partial charge < -0.3 is 10.5 Å². The number of benzene rings is 1. The molecule has 7 heteroatoms. The molecule has 0 amide bonds. The number of rotatable bonds is 2. The fourth-order valence-electron chi connectivity index (χ4n) is 1.24. The van der Waals surface area contributed by atoms with Crippen molar-refractivity contribution in [2.45, 2.75) is 6.92 Å². The molecule has 0 spiro atoms. The Morgan fingerprint density at radius 2 is 2.38 bits per heavy atom. The zero-order chi connectivity index (χ0) is 11.5. The molecule has 0 aliphatic heterocycles. The molecule has 1 heterocycles. The van der Waals surface area contributed by atoms with Crippen molar-refractivity contribution in [2.24, 2.45) is 10.3 Å². The number of ether oxygens (including phenoxy) is 1. The normalized spacial score (nSPS) is 11.7. The van der Waals surface area contributed by atoms with Gasteiger partial charge in [-0.05, 0) is 35.0 Å². The van der Waals surface area contributed by atoms with Crippen molar-refractivity contribution in [1.82, 2.24) is 4.37 Å². The van der Waals surface area contributed by atoms with Gasteiger partial charge in [0.25, 0.3) is 0 Å². The largest absolute Gasteiger partial charge is 0.422 e. The number of nitrogens with two attached hydrogens (primary N) is 1. The molecule has 0 aliphatic carbocycles. The van der Waals surface area contributed by atoms with Crippen LogP contribution in [0, 0.1) is 5.53 Å². The first-order valence-corrected chi connectivity index (χ1v) is 5.22. The minimum atomic E-state index is 0.268. The highest BCUT2D eigenvalue weighted by Gasteiger charge is 2.08. The number of fused-ring (bicyclic) bond motifs is 1. The molecule has 6 nitrogen and oxygen atoms in total. The van der Waals surface area contributed by atoms with Gasteiger partial charge in [-0.3, -0.25) is 0 Å². The number of anilines is 1. The average Bonchev–Trinajstić information content (AvgIpc) is 2.61. The summed E-state index contributed by atoms with van der Waals surface area (Å²) in [5, 5.41) is 7.16. The summed E-state index contributed by atoms with van der Waals surface area (Å²) in [6.45, 7) is 1.61. The summed E-state index contributed by atoms with van der Waals surface area (Å²) in [4.78, 5) is 0. The van der Waals surface area contributed by atoms with Gasteiger partial charge >= 0.3 is 0 Å². The average molecular weight is 235 g/mol. The van der Waals surface area contributed by atoms with E-state index < -0.39 is 0 Å². The standard InChI is InChI=1S/C9H9N5OS/c1-5(12-14-11)15-9-7-4-6(10)2-3-8(7)16-13-9/h2-4,11H,10H2,1H3/b12-5-,14-11?. The van der Waals surface area contributed by atoms with Crippen LogP contribution in [0.4, 0.5) is 5.69 Å². The number of nitrogens with one attached hydrogen (secondary N) is 1. The zero-order valence-electron chi connectivity index (χ0n) is 8.47. The lowest BCUT2D eigenvalue weighted by molar-refractivity contribution is 0.532. The SMILES string of the molecule is C/C(=N/N=N)Oc1nsc2ccc(N)cc12. The van der Waals surface area contributed by atoms with Crippen LogP contribution in [0.15, 0.2) is 28.5 Å². The maximum absolute atomic E-state index is 6.58. The van der Waals surface area contributed by atoms with Crippen LogP contribution in [0.2, 0.25) is 0 Å². The van der Waals surface area contributed by atoms with E-state index in [2.05, 4.69) is 14.7 Å². The number of aromatic nitrogens is 1. The molecule has 0 unspecified atom stereocenters. The number of hydrogen-bond donors (Lipinski definition) is 2. The van der Waals surface area contributed by atoms with Crippen molar-refractivity contribution in [3.8, 4) is 5.88 Å². The van der Waals surface area contributed by atoms with Crippen LogP contribution in [-0.2, 0) is 0 Å². The Bertz CT molecular complexity index is 562. The molecule has 0 radical (unpaired) electrons. The minimum absolute atomic E-state index is 0.268. The molecule has 0 saturated heterocycles. The van der Waals surface area contributed by atoms with Gasteiger partial charge in [-0.1, -0.05) is 5.10 Å². The van der Waals surface area contributed by atoms with Crippen molar-refractivity contribution in [2.75, 3.05) is 5.73 Å². The second kappa shape index (κ2) is 4.23. The summed E-state index contributed by atoms with van der Waals surface area (Å²) in [7, 11) is 0. The summed E-state index contributed by atoms with van der Waals surface area (Å²) in [6, 6.07) is 5.49. The van der Waals surface area contributed by atoms with Crippen LogP contribution in [0.25, 0.3) is 10.1 Å². The van der Waals surface area contributed by atoms with Gasteiger partial charge in [0.05, 0.1) is 10.1 Å². The third-order valence-electron chi connectivity index (χ3n) is 1.90. The fraction of sp³-hybridized carbons (Fsp3) is 0.111. The maximum Gasteiger partial charge on any atom is 0.240 e. The van der Waals surface area contributed by atoms with Gasteiger partial charge in [-0.25, -0.2) is 0 Å². The summed E-state index contributed by atoms with van der Waals surface area (Å²) in [6.07, 6.45) is 0. The molecular formula is C9H9N5OS. The van der Waals surface area contributed by atoms with Crippen molar-refractivity contribution in [1.29, 1.82) is 5.53 Å². The van der Waals surface area contributed by atoms with Crippen LogP contribution in [0.5, 0.6) is 5.88 Å². The monoisotopic (exact) mass is 235 g/mol. The van der Waals surface area contributed by atoms with Crippen LogP contribution < -0.4 is 10.5 Å². The second-order valence-electron chi connectivity index (χ2n) is 3.06. The second-order valence-corrected chi connectivity index (χ2v) is 3.87. The van der Waals surface area contributed by atoms with Crippen LogP contribution in [-0.4, -0.2) is 10.3 Å². The summed E-state index contributed by atoms with van der Waals surface area (Å²) < 4.78 is 10.5. The molecule has 0 fully saturated rings. The molecule has 2 rings (SSSR count). The predicted octanol–water partition coefficient (Wildman–Crippen LogP) is 2.62. The summed E-state index contributed by atoms with van der Waals surface area (Å²) in [5.41, 5.74) is 12.9. The molecule has 16 heavy (non-hydrogen) atoms. The first-order chi connectivity index (χ1) is 7.70. The molecule has 1 aromatic carbocycles. The lowest BCUT2D eigenvalue weighted by Crippen LogP contribution is -2.02. The Balaban J connectivity index is 2.41. The molecule has 0 saturated carbocycles. The Hall–Kier alpha value is -2.02. The van der Waals surface area contributed by atoms with Gasteiger partial charge in [-0.2, -0.15) is 9.90 Å². The first-order valence-electron chi connectivity index (χ1n) is 4.44. The van der Waals surface area contributed by atoms with Crippen LogP contribution in [0.3, 0.4) is 0 Å². The van der Waals surface area contributed by atoms with E-state index >= 15 is 0 Å². The summed E-state index contributed by atoms with van der Waals surface area (Å²) >= 11 is 1.32. The molecule has 1 aromatic heterocycles. The zero-order valence-corrected chi connectivity index (χ0v) is 9.28. The minimum Gasteiger partial charge on any atom is -0.422 e. The van der Waals surface area contributed by atoms with E-state index in [-0.39, 0.29) is 5.90 Å². The van der Waals surface area contributed by atoms with E-state index in [0.717, 1.165) is 10.1 Å². The number of hydrogen-bond acceptors (Lipinski definition) is 6. The Labute approximate surface area is 95.4 Å². The fourth-order valence-corrected chi connectivity index (χ4v) is 1.93. The van der Waals surface area contributed by atoms with Crippen molar-refractivity contribution >= 4 is 33.2 Å². The molecule has 0 aliphatic rings. The highest BCUT2D eigenvalue weighted by atomic mass is 32.1. The quantitative estimate of drug-likeness (QED) is 0.275. The van der Waals surface area contributed by atoms with E-state index in [1.54, 1.807) is 13.0 Å². The maximum atomic E-state index is 6.58. The summed E-state index contributed by atoms with van der Waals surface area (Å²) in [5.74, 6) is 0.710. The van der Waals surface area contributed by atoms with Crippen molar-refractivity contribution in [3.05, 3.63) is 18.2 Å². The van der Waals surface area contributed by atoms with Gasteiger partial charge in [0.2, 0.25) is 11.8 Å². The Kier molecular flexibility index (Phi) is 2.78. The number of nitrogen functional groups attached to an aromatic ring is 1. The van der Waals surface area contributed by atoms with E-state index in [4.69, 9.17) is 16.0 Å². The van der Waals surface area contributed by atoms with Crippen LogP contribution in [0.1, 0.15) is 6.92 Å². The lowest BCUT2D eigenvalue weighted by atomic mass is 10.2. The number of nitrogens with zero attached hydrogens (tertiary/aromatic N) is 3. The molecule has 0 atom stereocenters. The Morgan fingerprint density at radius 3 is 3.12 bits per heavy atom. The van der Waals surface area contributed by atoms with Crippen molar-refractivity contribution in [3.63, 3.8) is 0 Å². The van der Waals surface area contributed by atoms with E-state index in [1.807, 2.05) is 12.1 Å². The topological polar surface area (TPSA) is 96.7 Å². The van der Waals surface area contributed by atoms with E-state index in [0.29, 0.717) is 11.6 Å². The smallest absolute Gasteiger partial charge is 0.240 e. The third-order valence-corrected chi connectivity index (χ3v) is 2.71. The van der Waals surface area contributed by atoms with Crippen molar-refractivity contribution < 1.29 is 4.74 Å². The third kappa shape index (κ3) is 1.98.